The fourth-order valence-corrected chi connectivity index (χ4v) is 15.7. The second-order valence-electron chi connectivity index (χ2n) is 26.0. The Labute approximate surface area is 576 Å². The number of nitrogens with zero attached hydrogens (tertiary/aromatic N) is 7. The van der Waals surface area contributed by atoms with E-state index in [-0.39, 0.29) is 20.6 Å². The molecule has 4 aliphatic rings. The van der Waals surface area contributed by atoms with Gasteiger partial charge in [0.2, 0.25) is 9.84 Å². The van der Waals surface area contributed by atoms with Crippen molar-refractivity contribution < 1.29 is 17.9 Å². The molecule has 0 atom stereocenters. The number of ether oxygens (including phenoxy) is 2. The third-order valence-electron chi connectivity index (χ3n) is 19.4. The van der Waals surface area contributed by atoms with Gasteiger partial charge >= 0.3 is 0 Å². The first-order valence-corrected chi connectivity index (χ1v) is 34.6. The SMILES string of the molecule is CC1(C)c2ccccc2N(c2ccc(S(=O)(=O)c3ccc(N4c5ccccc5C(C)(C)c5ccccc54)cc3)cc2)c2ccccc21.c1ccc(-c2nc(-c3ccc(N4c5ccccc5Oc5ccccc54)cc3)nc(-c3ccc(N4c5ccccc5Oc5ccccc54)cc3)n2)cc1. The molecule has 13 aromatic carbocycles. The molecular formula is C87H65N7O4S. The third kappa shape index (κ3) is 10.4. The summed E-state index contributed by atoms with van der Waals surface area (Å²) in [4.78, 5) is 24.4. The molecule has 1 aromatic heterocycles. The van der Waals surface area contributed by atoms with Gasteiger partial charge in [0, 0.05) is 50.3 Å². The molecule has 0 spiro atoms. The predicted molar refractivity (Wildman–Crippen MR) is 398 cm³/mol. The second kappa shape index (κ2) is 24.1. The van der Waals surface area contributed by atoms with Crippen LogP contribution >= 0.6 is 0 Å². The number of aromatic nitrogens is 3. The van der Waals surface area contributed by atoms with E-state index >= 15 is 0 Å². The number of hydrogen-bond donors (Lipinski definition) is 0. The molecule has 14 aromatic rings. The summed E-state index contributed by atoms with van der Waals surface area (Å²) in [7, 11) is -3.75. The maximum absolute atomic E-state index is 13.9. The Balaban J connectivity index is 0.000000149. The van der Waals surface area contributed by atoms with E-state index in [0.29, 0.717) is 17.5 Å². The van der Waals surface area contributed by atoms with Gasteiger partial charge in [-0.05, 0) is 192 Å². The quantitative estimate of drug-likeness (QED) is 0.138. The molecule has 0 N–H and O–H groups in total. The van der Waals surface area contributed by atoms with Gasteiger partial charge in [-0.2, -0.15) is 0 Å². The topological polar surface area (TPSA) is 104 Å². The Hall–Kier alpha value is -12.4. The highest BCUT2D eigenvalue weighted by atomic mass is 32.2. The zero-order chi connectivity index (χ0) is 67.0. The van der Waals surface area contributed by atoms with Crippen LogP contribution in [0.15, 0.2) is 331 Å². The zero-order valence-electron chi connectivity index (χ0n) is 54.8. The molecule has 18 rings (SSSR count). The Morgan fingerprint density at radius 3 is 0.768 bits per heavy atom. The number of rotatable bonds is 9. The van der Waals surface area contributed by atoms with Crippen LogP contribution in [-0.4, -0.2) is 23.4 Å². The van der Waals surface area contributed by atoms with E-state index in [2.05, 4.69) is 217 Å². The minimum absolute atomic E-state index is 0.159. The summed E-state index contributed by atoms with van der Waals surface area (Å²) in [5.74, 6) is 5.05. The maximum Gasteiger partial charge on any atom is 0.206 e. The monoisotopic (exact) mass is 1300 g/mol. The lowest BCUT2D eigenvalue weighted by Crippen LogP contribution is -2.30. The normalized spacial score (nSPS) is 14.0. The van der Waals surface area contributed by atoms with Crippen LogP contribution in [-0.2, 0) is 20.7 Å². The third-order valence-corrected chi connectivity index (χ3v) is 21.2. The molecule has 478 valence electrons. The second-order valence-corrected chi connectivity index (χ2v) is 27.9. The van der Waals surface area contributed by atoms with Crippen molar-refractivity contribution in [3.63, 3.8) is 0 Å². The van der Waals surface area contributed by atoms with Crippen molar-refractivity contribution in [2.75, 3.05) is 19.6 Å². The van der Waals surface area contributed by atoms with Crippen molar-refractivity contribution in [2.45, 2.75) is 48.3 Å². The van der Waals surface area contributed by atoms with Gasteiger partial charge in [-0.3, -0.25) is 0 Å². The van der Waals surface area contributed by atoms with Gasteiger partial charge in [-0.25, -0.2) is 23.4 Å². The van der Waals surface area contributed by atoms with Crippen LogP contribution in [0.2, 0.25) is 0 Å². The maximum atomic E-state index is 13.9. The predicted octanol–water partition coefficient (Wildman–Crippen LogP) is 22.8. The molecule has 4 aliphatic heterocycles. The first kappa shape index (κ1) is 60.3. The Morgan fingerprint density at radius 1 is 0.253 bits per heavy atom. The van der Waals surface area contributed by atoms with Gasteiger partial charge in [-0.15, -0.1) is 0 Å². The number of para-hydroxylation sites is 12. The van der Waals surface area contributed by atoms with E-state index in [9.17, 15) is 8.42 Å². The number of sulfone groups is 1. The molecule has 0 unspecified atom stereocenters. The highest BCUT2D eigenvalue weighted by Crippen LogP contribution is 2.56. The van der Waals surface area contributed by atoms with Crippen LogP contribution < -0.4 is 29.1 Å². The summed E-state index contributed by atoms with van der Waals surface area (Å²) in [5, 5.41) is 0. The average Bonchev–Trinajstić information content (AvgIpc) is 0.728. The summed E-state index contributed by atoms with van der Waals surface area (Å²) in [6.07, 6.45) is 0. The Morgan fingerprint density at radius 2 is 0.475 bits per heavy atom. The van der Waals surface area contributed by atoms with Crippen molar-refractivity contribution in [3.05, 3.63) is 344 Å². The minimum Gasteiger partial charge on any atom is -0.453 e. The van der Waals surface area contributed by atoms with E-state index in [1.54, 1.807) is 24.3 Å². The van der Waals surface area contributed by atoms with Crippen molar-refractivity contribution in [1.82, 2.24) is 15.0 Å². The number of fused-ring (bicyclic) bond motifs is 8. The number of hydrogen-bond acceptors (Lipinski definition) is 11. The molecule has 0 fully saturated rings. The van der Waals surface area contributed by atoms with Gasteiger partial charge in [-0.1, -0.05) is 179 Å². The lowest BCUT2D eigenvalue weighted by atomic mass is 9.73. The minimum atomic E-state index is -3.75. The standard InChI is InChI=1S/C45H29N5O2.C42H36N2O2S/c1-2-12-30(13-3-1)43-46-44(31-22-26-33(27-23-31)49-35-14-4-8-18-39(35)51-40-19-9-5-15-36(40)49)48-45(47-43)32-24-28-34(29-25-32)50-37-16-6-10-20-41(37)52-42-21-11-7-17-38(42)50;1-41(2)33-13-5-9-17-37(33)43(38-18-10-6-14-34(38)41)29-21-25-31(26-22-29)47(45,46)32-27-23-30(24-28-32)44-39-19-11-7-15-35(39)42(3,4)36-16-8-12-20-40(36)44/h1-29H;5-28H,1-4H3. The van der Waals surface area contributed by atoms with E-state index < -0.39 is 9.84 Å². The molecule has 12 heteroatoms. The lowest BCUT2D eigenvalue weighted by molar-refractivity contribution is 0.477. The molecule has 99 heavy (non-hydrogen) atoms. The van der Waals surface area contributed by atoms with Crippen molar-refractivity contribution >= 4 is 78.1 Å². The summed E-state index contributed by atoms with van der Waals surface area (Å²) >= 11 is 0. The van der Waals surface area contributed by atoms with Crippen molar-refractivity contribution in [3.8, 4) is 57.2 Å². The zero-order valence-corrected chi connectivity index (χ0v) is 55.6. The number of anilines is 12. The van der Waals surface area contributed by atoms with Crippen LogP contribution in [0.25, 0.3) is 34.2 Å². The van der Waals surface area contributed by atoms with E-state index in [4.69, 9.17) is 24.4 Å². The molecule has 0 bridgehead atoms. The molecule has 0 aliphatic carbocycles. The van der Waals surface area contributed by atoms with Gasteiger partial charge in [0.25, 0.3) is 0 Å². The van der Waals surface area contributed by atoms with Crippen LogP contribution in [0.4, 0.5) is 68.2 Å². The smallest absolute Gasteiger partial charge is 0.206 e. The molecule has 0 radical (unpaired) electrons. The van der Waals surface area contributed by atoms with E-state index in [1.165, 1.54) is 22.3 Å². The van der Waals surface area contributed by atoms with Crippen LogP contribution in [0.3, 0.4) is 0 Å². The van der Waals surface area contributed by atoms with E-state index in [1.807, 2.05) is 127 Å². The van der Waals surface area contributed by atoms with Gasteiger partial charge < -0.3 is 29.1 Å². The van der Waals surface area contributed by atoms with Crippen LogP contribution in [0.5, 0.6) is 23.0 Å². The summed E-state index contributed by atoms with van der Waals surface area (Å²) in [5.41, 5.74) is 19.5. The van der Waals surface area contributed by atoms with Gasteiger partial charge in [0.05, 0.1) is 55.3 Å². The average molecular weight is 1300 g/mol. The lowest BCUT2D eigenvalue weighted by Gasteiger charge is -2.42. The Bertz CT molecular complexity index is 5050. The van der Waals surface area contributed by atoms with Gasteiger partial charge in [0.15, 0.2) is 40.5 Å². The molecule has 0 saturated heterocycles. The highest BCUT2D eigenvalue weighted by Gasteiger charge is 2.39. The van der Waals surface area contributed by atoms with Crippen molar-refractivity contribution in [2.24, 2.45) is 0 Å². The van der Waals surface area contributed by atoms with Crippen LogP contribution in [0.1, 0.15) is 49.9 Å². The Kier molecular flexibility index (Phi) is 14.7. The molecule has 0 amide bonds. The summed E-state index contributed by atoms with van der Waals surface area (Å²) in [6.45, 7) is 9.03. The summed E-state index contributed by atoms with van der Waals surface area (Å²) < 4.78 is 40.3. The van der Waals surface area contributed by atoms with Crippen molar-refractivity contribution in [1.29, 1.82) is 0 Å². The van der Waals surface area contributed by atoms with Crippen LogP contribution in [0, 0.1) is 0 Å². The largest absolute Gasteiger partial charge is 0.453 e. The fraction of sp³-hybridized carbons (Fsp3) is 0.0690. The summed E-state index contributed by atoms with van der Waals surface area (Å²) in [6, 6.07) is 107. The highest BCUT2D eigenvalue weighted by molar-refractivity contribution is 7.91. The molecule has 0 saturated carbocycles. The molecular weight excluding hydrogens is 1240 g/mol. The molecule has 5 heterocycles. The van der Waals surface area contributed by atoms with E-state index in [0.717, 1.165) is 108 Å². The number of benzene rings is 13. The molecule has 11 nitrogen and oxygen atoms in total. The first-order valence-electron chi connectivity index (χ1n) is 33.1. The first-order chi connectivity index (χ1) is 48.4. The van der Waals surface area contributed by atoms with Gasteiger partial charge in [0.1, 0.15) is 0 Å². The fourth-order valence-electron chi connectivity index (χ4n) is 14.4.